The molecule has 0 aromatic rings. The molecule has 0 radical (unpaired) electrons. The molecule has 0 bridgehead atoms. The number of rotatable bonds is 4. The van der Waals surface area contributed by atoms with Crippen LogP contribution in [0.15, 0.2) is 0 Å². The lowest BCUT2D eigenvalue weighted by Gasteiger charge is -2.41. The van der Waals surface area contributed by atoms with E-state index in [0.717, 1.165) is 32.2 Å². The molecule has 0 saturated heterocycles. The number of carbonyl (C=O) groups excluding carboxylic acids is 1. The normalized spacial score (nSPS) is 34.8. The van der Waals surface area contributed by atoms with Gasteiger partial charge in [-0.3, -0.25) is 4.79 Å². The molecule has 0 aromatic heterocycles. The summed E-state index contributed by atoms with van der Waals surface area (Å²) >= 11 is 0. The van der Waals surface area contributed by atoms with Crippen molar-refractivity contribution in [2.24, 2.45) is 11.8 Å². The van der Waals surface area contributed by atoms with Gasteiger partial charge in [0.05, 0.1) is 7.11 Å². The van der Waals surface area contributed by atoms with Crippen molar-refractivity contribution in [3.05, 3.63) is 0 Å². The molecule has 0 aliphatic heterocycles. The molecule has 0 heterocycles. The fourth-order valence-corrected chi connectivity index (χ4v) is 2.59. The molecule has 1 fully saturated rings. The molecule has 1 aliphatic rings. The van der Waals surface area contributed by atoms with E-state index in [-0.39, 0.29) is 5.97 Å². The van der Waals surface area contributed by atoms with Crippen molar-refractivity contribution in [3.8, 4) is 0 Å². The third kappa shape index (κ3) is 2.76. The Morgan fingerprint density at radius 3 is 2.62 bits per heavy atom. The smallest absolute Gasteiger partial charge is 0.326 e. The van der Waals surface area contributed by atoms with Gasteiger partial charge in [0.2, 0.25) is 0 Å². The second-order valence-electron chi connectivity index (χ2n) is 5.20. The Hall–Kier alpha value is -0.570. The molecule has 0 aromatic carbocycles. The van der Waals surface area contributed by atoms with Gasteiger partial charge in [-0.2, -0.15) is 0 Å². The van der Waals surface area contributed by atoms with Gasteiger partial charge in [-0.25, -0.2) is 0 Å². The number of hydrogen-bond donors (Lipinski definition) is 1. The van der Waals surface area contributed by atoms with Gasteiger partial charge < -0.3 is 10.1 Å². The summed E-state index contributed by atoms with van der Waals surface area (Å²) in [6.07, 6.45) is 3.96. The van der Waals surface area contributed by atoms with E-state index in [1.807, 2.05) is 0 Å². The Balaban J connectivity index is 2.75. The monoisotopic (exact) mass is 227 g/mol. The predicted octanol–water partition coefficient (Wildman–Crippen LogP) is 2.35. The topological polar surface area (TPSA) is 38.3 Å². The highest BCUT2D eigenvalue weighted by molar-refractivity contribution is 5.81. The molecule has 3 atom stereocenters. The Bertz CT molecular complexity index is 238. The van der Waals surface area contributed by atoms with E-state index in [9.17, 15) is 4.79 Å². The average Bonchev–Trinajstić information content (AvgIpc) is 2.30. The lowest BCUT2D eigenvalue weighted by Crippen LogP contribution is -2.56. The predicted molar refractivity (Wildman–Crippen MR) is 65.2 cm³/mol. The van der Waals surface area contributed by atoms with Gasteiger partial charge in [-0.1, -0.05) is 20.8 Å². The van der Waals surface area contributed by atoms with Crippen molar-refractivity contribution in [3.63, 3.8) is 0 Å². The molecule has 1 N–H and O–H groups in total. The first-order valence-corrected chi connectivity index (χ1v) is 6.39. The highest BCUT2D eigenvalue weighted by Crippen LogP contribution is 2.36. The van der Waals surface area contributed by atoms with E-state index in [1.54, 1.807) is 0 Å². The van der Waals surface area contributed by atoms with Crippen molar-refractivity contribution < 1.29 is 9.53 Å². The molecular formula is C13H25NO2. The third-order valence-electron chi connectivity index (χ3n) is 3.96. The quantitative estimate of drug-likeness (QED) is 0.749. The van der Waals surface area contributed by atoms with Crippen LogP contribution in [0, 0.1) is 11.8 Å². The highest BCUT2D eigenvalue weighted by Gasteiger charge is 2.44. The van der Waals surface area contributed by atoms with Gasteiger partial charge in [0.1, 0.15) is 5.54 Å². The summed E-state index contributed by atoms with van der Waals surface area (Å²) < 4.78 is 4.97. The number of carbonyl (C=O) groups is 1. The van der Waals surface area contributed by atoms with Crippen LogP contribution in [0.4, 0.5) is 0 Å². The SMILES string of the molecule is CCCNC1(C(=O)OC)CCC(C)C(C)C1. The van der Waals surface area contributed by atoms with Crippen LogP contribution in [0.25, 0.3) is 0 Å². The van der Waals surface area contributed by atoms with Crippen molar-refractivity contribution in [2.45, 2.75) is 52.0 Å². The summed E-state index contributed by atoms with van der Waals surface area (Å²) in [6, 6.07) is 0. The van der Waals surface area contributed by atoms with Crippen LogP contribution in [0.2, 0.25) is 0 Å². The second kappa shape index (κ2) is 5.67. The molecule has 1 rings (SSSR count). The molecule has 1 saturated carbocycles. The van der Waals surface area contributed by atoms with Gasteiger partial charge in [-0.05, 0) is 44.1 Å². The van der Waals surface area contributed by atoms with E-state index in [4.69, 9.17) is 4.74 Å². The average molecular weight is 227 g/mol. The number of ether oxygens (including phenoxy) is 1. The van der Waals surface area contributed by atoms with E-state index in [2.05, 4.69) is 26.1 Å². The summed E-state index contributed by atoms with van der Waals surface area (Å²) in [5.41, 5.74) is -0.420. The molecule has 1 aliphatic carbocycles. The first-order chi connectivity index (χ1) is 7.55. The maximum Gasteiger partial charge on any atom is 0.326 e. The van der Waals surface area contributed by atoms with Crippen molar-refractivity contribution in [1.29, 1.82) is 0 Å². The number of methoxy groups -OCH3 is 1. The number of nitrogens with one attached hydrogen (secondary N) is 1. The van der Waals surface area contributed by atoms with Crippen LogP contribution in [-0.4, -0.2) is 25.2 Å². The van der Waals surface area contributed by atoms with E-state index in [0.29, 0.717) is 11.8 Å². The van der Waals surface area contributed by atoms with Gasteiger partial charge in [0.25, 0.3) is 0 Å². The van der Waals surface area contributed by atoms with Gasteiger partial charge in [0, 0.05) is 0 Å². The second-order valence-corrected chi connectivity index (χ2v) is 5.20. The van der Waals surface area contributed by atoms with Crippen molar-refractivity contribution in [2.75, 3.05) is 13.7 Å². The molecule has 0 amide bonds. The molecular weight excluding hydrogens is 202 g/mol. The van der Waals surface area contributed by atoms with E-state index in [1.165, 1.54) is 7.11 Å². The minimum absolute atomic E-state index is 0.0836. The maximum atomic E-state index is 12.0. The zero-order valence-electron chi connectivity index (χ0n) is 11.0. The van der Waals surface area contributed by atoms with Crippen molar-refractivity contribution in [1.82, 2.24) is 5.32 Å². The Morgan fingerprint density at radius 2 is 2.12 bits per heavy atom. The third-order valence-corrected chi connectivity index (χ3v) is 3.96. The summed E-state index contributed by atoms with van der Waals surface area (Å²) in [6.45, 7) is 7.50. The highest BCUT2D eigenvalue weighted by atomic mass is 16.5. The van der Waals surface area contributed by atoms with Crippen LogP contribution in [0.1, 0.15) is 46.5 Å². The van der Waals surface area contributed by atoms with E-state index < -0.39 is 5.54 Å². The first kappa shape index (κ1) is 13.5. The fraction of sp³-hybridized carbons (Fsp3) is 0.923. The van der Waals surface area contributed by atoms with Gasteiger partial charge >= 0.3 is 5.97 Å². The molecule has 0 spiro atoms. The zero-order valence-corrected chi connectivity index (χ0v) is 11.0. The maximum absolute atomic E-state index is 12.0. The zero-order chi connectivity index (χ0) is 12.2. The van der Waals surface area contributed by atoms with Crippen LogP contribution >= 0.6 is 0 Å². The standard InChI is InChI=1S/C13H25NO2/c1-5-8-14-13(12(15)16-4)7-6-10(2)11(3)9-13/h10-11,14H,5-9H2,1-4H3. The summed E-state index contributed by atoms with van der Waals surface area (Å²) in [5, 5.41) is 3.41. The number of hydrogen-bond acceptors (Lipinski definition) is 3. The summed E-state index contributed by atoms with van der Waals surface area (Å²) in [4.78, 5) is 12.0. The van der Waals surface area contributed by atoms with Gasteiger partial charge in [-0.15, -0.1) is 0 Å². The number of esters is 1. The van der Waals surface area contributed by atoms with Gasteiger partial charge in [0.15, 0.2) is 0 Å². The molecule has 16 heavy (non-hydrogen) atoms. The van der Waals surface area contributed by atoms with Crippen LogP contribution in [0.5, 0.6) is 0 Å². The lowest BCUT2D eigenvalue weighted by atomic mass is 9.71. The van der Waals surface area contributed by atoms with Crippen LogP contribution < -0.4 is 5.32 Å². The lowest BCUT2D eigenvalue weighted by molar-refractivity contribution is -0.151. The largest absolute Gasteiger partial charge is 0.468 e. The van der Waals surface area contributed by atoms with Crippen LogP contribution in [0.3, 0.4) is 0 Å². The molecule has 3 nitrogen and oxygen atoms in total. The van der Waals surface area contributed by atoms with Crippen LogP contribution in [-0.2, 0) is 9.53 Å². The Morgan fingerprint density at radius 1 is 1.44 bits per heavy atom. The first-order valence-electron chi connectivity index (χ1n) is 6.39. The summed E-state index contributed by atoms with van der Waals surface area (Å²) in [5.74, 6) is 1.21. The van der Waals surface area contributed by atoms with Crippen molar-refractivity contribution >= 4 is 5.97 Å². The summed E-state index contributed by atoms with van der Waals surface area (Å²) in [7, 11) is 1.49. The minimum Gasteiger partial charge on any atom is -0.468 e. The molecule has 3 heteroatoms. The van der Waals surface area contributed by atoms with E-state index >= 15 is 0 Å². The molecule has 3 unspecified atom stereocenters. The Kier molecular flexibility index (Phi) is 4.78. The molecule has 94 valence electrons. The Labute approximate surface area is 98.9 Å². The minimum atomic E-state index is -0.420. The fourth-order valence-electron chi connectivity index (χ4n) is 2.59.